The summed E-state index contributed by atoms with van der Waals surface area (Å²) < 4.78 is 0. The van der Waals surface area contributed by atoms with Gasteiger partial charge in [0, 0.05) is 0 Å². The van der Waals surface area contributed by atoms with Gasteiger partial charge in [-0.25, -0.2) is 0 Å². The topological polar surface area (TPSA) is 20.2 Å². The Balaban J connectivity index is 3.15. The minimum atomic E-state index is -0.126. The molecule has 0 aromatic rings. The van der Waals surface area contributed by atoms with E-state index in [0.717, 1.165) is 19.3 Å². The molecule has 0 saturated carbocycles. The van der Waals surface area contributed by atoms with Gasteiger partial charge in [0.1, 0.15) is 0 Å². The van der Waals surface area contributed by atoms with Gasteiger partial charge in [0.2, 0.25) is 0 Å². The summed E-state index contributed by atoms with van der Waals surface area (Å²) in [4.78, 5) is 0. The number of allylic oxidation sites excluding steroid dienone is 4. The zero-order chi connectivity index (χ0) is 12.1. The average Bonchev–Trinajstić information content (AvgIpc) is 2.25. The molecule has 0 aliphatic heterocycles. The van der Waals surface area contributed by atoms with Crippen molar-refractivity contribution in [2.24, 2.45) is 0 Å². The number of unbranched alkanes of at least 4 members (excludes halogenated alkanes) is 4. The van der Waals surface area contributed by atoms with Gasteiger partial charge < -0.3 is 5.11 Å². The summed E-state index contributed by atoms with van der Waals surface area (Å²) in [5.41, 5.74) is 0. The van der Waals surface area contributed by atoms with E-state index in [1.54, 1.807) is 0 Å². The van der Waals surface area contributed by atoms with Crippen LogP contribution in [0, 0.1) is 0 Å². The molecule has 0 aromatic heterocycles. The normalized spacial score (nSPS) is 13.9. The van der Waals surface area contributed by atoms with Crippen molar-refractivity contribution in [3.05, 3.63) is 24.3 Å². The first-order valence-electron chi connectivity index (χ1n) is 6.75. The van der Waals surface area contributed by atoms with E-state index in [9.17, 15) is 0 Å². The monoisotopic (exact) mass is 224 g/mol. The van der Waals surface area contributed by atoms with Crippen molar-refractivity contribution in [3.8, 4) is 0 Å². The van der Waals surface area contributed by atoms with E-state index in [2.05, 4.69) is 31.2 Å². The Labute approximate surface area is 101 Å². The first-order valence-corrected chi connectivity index (χ1v) is 6.75. The molecule has 0 fully saturated rings. The van der Waals surface area contributed by atoms with E-state index in [1.807, 2.05) is 6.92 Å². The van der Waals surface area contributed by atoms with Gasteiger partial charge in [0.25, 0.3) is 0 Å². The van der Waals surface area contributed by atoms with Crippen molar-refractivity contribution in [1.29, 1.82) is 0 Å². The third kappa shape index (κ3) is 13.4. The Morgan fingerprint density at radius 1 is 0.938 bits per heavy atom. The maximum Gasteiger partial charge on any atom is 0.0512 e. The van der Waals surface area contributed by atoms with Crippen LogP contribution in [0.15, 0.2) is 24.3 Å². The maximum atomic E-state index is 9.07. The van der Waals surface area contributed by atoms with Gasteiger partial charge in [0.15, 0.2) is 0 Å². The summed E-state index contributed by atoms with van der Waals surface area (Å²) in [6.45, 7) is 4.07. The van der Waals surface area contributed by atoms with Crippen LogP contribution in [0.4, 0.5) is 0 Å². The van der Waals surface area contributed by atoms with E-state index in [0.29, 0.717) is 0 Å². The standard InChI is InChI=1S/C15H28O/c1-3-4-5-6-7-8-9-10-11-12-13-14-15(2)16/h5-6,8-9,15-16H,3-4,7,10-14H2,1-2H3/b6-5+,9-8-. The lowest BCUT2D eigenvalue weighted by atomic mass is 10.1. The summed E-state index contributed by atoms with van der Waals surface area (Å²) in [7, 11) is 0. The largest absolute Gasteiger partial charge is 0.393 e. The van der Waals surface area contributed by atoms with Crippen LogP contribution in [0.2, 0.25) is 0 Å². The number of aliphatic hydroxyl groups excluding tert-OH is 1. The van der Waals surface area contributed by atoms with Gasteiger partial charge in [-0.3, -0.25) is 0 Å². The first-order chi connectivity index (χ1) is 7.77. The van der Waals surface area contributed by atoms with Crippen LogP contribution in [0.1, 0.15) is 65.2 Å². The molecule has 94 valence electrons. The zero-order valence-electron chi connectivity index (χ0n) is 11.0. The van der Waals surface area contributed by atoms with Gasteiger partial charge in [-0.15, -0.1) is 0 Å². The summed E-state index contributed by atoms with van der Waals surface area (Å²) in [5, 5.41) is 9.07. The SMILES string of the molecule is CCC/C=C/C/C=C\CCCCCC(C)O. The highest BCUT2D eigenvalue weighted by Crippen LogP contribution is 2.06. The van der Waals surface area contributed by atoms with Crippen molar-refractivity contribution in [2.75, 3.05) is 0 Å². The first kappa shape index (κ1) is 15.4. The van der Waals surface area contributed by atoms with Gasteiger partial charge in [-0.1, -0.05) is 50.5 Å². The molecule has 1 heteroatoms. The molecule has 1 unspecified atom stereocenters. The molecular formula is C15H28O. The van der Waals surface area contributed by atoms with Crippen LogP contribution in [0.5, 0.6) is 0 Å². The number of rotatable bonds is 10. The molecule has 0 aromatic carbocycles. The molecule has 1 nitrogen and oxygen atoms in total. The second kappa shape index (κ2) is 12.5. The molecule has 0 saturated heterocycles. The molecule has 0 amide bonds. The molecule has 0 heterocycles. The minimum Gasteiger partial charge on any atom is -0.393 e. The van der Waals surface area contributed by atoms with Crippen LogP contribution < -0.4 is 0 Å². The Morgan fingerprint density at radius 3 is 2.25 bits per heavy atom. The van der Waals surface area contributed by atoms with Crippen LogP contribution in [-0.4, -0.2) is 11.2 Å². The lowest BCUT2D eigenvalue weighted by molar-refractivity contribution is 0.180. The maximum absolute atomic E-state index is 9.07. The lowest BCUT2D eigenvalue weighted by Gasteiger charge is -2.01. The van der Waals surface area contributed by atoms with E-state index < -0.39 is 0 Å². The van der Waals surface area contributed by atoms with Crippen molar-refractivity contribution in [3.63, 3.8) is 0 Å². The van der Waals surface area contributed by atoms with E-state index in [4.69, 9.17) is 5.11 Å². The quantitative estimate of drug-likeness (QED) is 0.424. The summed E-state index contributed by atoms with van der Waals surface area (Å²) in [5.74, 6) is 0. The Morgan fingerprint density at radius 2 is 1.62 bits per heavy atom. The van der Waals surface area contributed by atoms with Crippen molar-refractivity contribution >= 4 is 0 Å². The number of hydrogen-bond acceptors (Lipinski definition) is 1. The molecule has 0 bridgehead atoms. The molecule has 0 aliphatic rings. The molecule has 0 radical (unpaired) electrons. The van der Waals surface area contributed by atoms with Gasteiger partial charge >= 0.3 is 0 Å². The van der Waals surface area contributed by atoms with Crippen molar-refractivity contribution in [2.45, 2.75) is 71.3 Å². The smallest absolute Gasteiger partial charge is 0.0512 e. The second-order valence-electron chi connectivity index (χ2n) is 4.45. The minimum absolute atomic E-state index is 0.126. The second-order valence-corrected chi connectivity index (χ2v) is 4.45. The van der Waals surface area contributed by atoms with E-state index >= 15 is 0 Å². The van der Waals surface area contributed by atoms with Crippen molar-refractivity contribution in [1.82, 2.24) is 0 Å². The fraction of sp³-hybridized carbons (Fsp3) is 0.733. The molecule has 16 heavy (non-hydrogen) atoms. The highest BCUT2D eigenvalue weighted by Gasteiger charge is 1.93. The van der Waals surface area contributed by atoms with Crippen LogP contribution in [0.3, 0.4) is 0 Å². The third-order valence-electron chi connectivity index (χ3n) is 2.55. The average molecular weight is 224 g/mol. The molecule has 0 spiro atoms. The van der Waals surface area contributed by atoms with Crippen LogP contribution in [-0.2, 0) is 0 Å². The fourth-order valence-electron chi connectivity index (χ4n) is 1.55. The predicted octanol–water partition coefficient (Wildman–Crippen LogP) is 4.62. The highest BCUT2D eigenvalue weighted by atomic mass is 16.3. The molecule has 1 N–H and O–H groups in total. The number of aliphatic hydroxyl groups is 1. The molecular weight excluding hydrogens is 196 g/mol. The third-order valence-corrected chi connectivity index (χ3v) is 2.55. The zero-order valence-corrected chi connectivity index (χ0v) is 11.0. The Hall–Kier alpha value is -0.560. The molecule has 1 atom stereocenters. The van der Waals surface area contributed by atoms with Crippen LogP contribution in [0.25, 0.3) is 0 Å². The van der Waals surface area contributed by atoms with Gasteiger partial charge in [0.05, 0.1) is 6.10 Å². The predicted molar refractivity (Wildman–Crippen MR) is 72.6 cm³/mol. The fourth-order valence-corrected chi connectivity index (χ4v) is 1.55. The summed E-state index contributed by atoms with van der Waals surface area (Å²) in [6.07, 6.45) is 18.2. The molecule has 0 rings (SSSR count). The van der Waals surface area contributed by atoms with Crippen molar-refractivity contribution < 1.29 is 5.11 Å². The summed E-state index contributed by atoms with van der Waals surface area (Å²) in [6, 6.07) is 0. The Kier molecular flexibility index (Phi) is 12.1. The number of hydrogen-bond donors (Lipinski definition) is 1. The van der Waals surface area contributed by atoms with E-state index in [1.165, 1.54) is 32.1 Å². The van der Waals surface area contributed by atoms with Crippen LogP contribution >= 0.6 is 0 Å². The van der Waals surface area contributed by atoms with Gasteiger partial charge in [-0.2, -0.15) is 0 Å². The van der Waals surface area contributed by atoms with E-state index in [-0.39, 0.29) is 6.10 Å². The Bertz CT molecular complexity index is 180. The summed E-state index contributed by atoms with van der Waals surface area (Å²) >= 11 is 0. The lowest BCUT2D eigenvalue weighted by Crippen LogP contribution is -1.97. The van der Waals surface area contributed by atoms with Gasteiger partial charge in [-0.05, 0) is 39.0 Å². The molecule has 0 aliphatic carbocycles. The highest BCUT2D eigenvalue weighted by molar-refractivity contribution is 4.92.